The van der Waals surface area contributed by atoms with Crippen molar-refractivity contribution in [1.82, 2.24) is 15.1 Å². The van der Waals surface area contributed by atoms with Gasteiger partial charge in [0.1, 0.15) is 0 Å². The summed E-state index contributed by atoms with van der Waals surface area (Å²) in [5.41, 5.74) is 6.69. The number of guanidine groups is 1. The number of piperidine rings is 2. The van der Waals surface area contributed by atoms with Gasteiger partial charge in [0.2, 0.25) is 5.91 Å². The fraction of sp³-hybridized carbons (Fsp3) is 0.636. The van der Waals surface area contributed by atoms with Crippen LogP contribution in [-0.2, 0) is 4.79 Å². The Labute approximate surface area is 202 Å². The molecule has 0 radical (unpaired) electrons. The molecule has 2 fully saturated rings. The summed E-state index contributed by atoms with van der Waals surface area (Å²) in [6.45, 7) is 3.77. The second kappa shape index (κ2) is 12.1. The van der Waals surface area contributed by atoms with Crippen molar-refractivity contribution in [3.05, 3.63) is 34.9 Å². The highest BCUT2D eigenvalue weighted by Gasteiger charge is 2.31. The number of carbonyl (C=O) groups is 1. The number of aliphatic imine (C=N–C) groups is 1. The molecule has 2 saturated heterocycles. The van der Waals surface area contributed by atoms with Gasteiger partial charge in [-0.1, -0.05) is 23.7 Å². The number of hydrogen-bond donors (Lipinski definition) is 2. The van der Waals surface area contributed by atoms with Crippen molar-refractivity contribution < 1.29 is 4.79 Å². The molecule has 1 aromatic rings. The van der Waals surface area contributed by atoms with Crippen molar-refractivity contribution in [2.45, 2.75) is 38.1 Å². The molecule has 0 bridgehead atoms. The van der Waals surface area contributed by atoms with Gasteiger partial charge >= 0.3 is 0 Å². The van der Waals surface area contributed by atoms with Crippen LogP contribution in [0.4, 0.5) is 0 Å². The van der Waals surface area contributed by atoms with Crippen LogP contribution in [0.25, 0.3) is 0 Å². The maximum atomic E-state index is 11.3. The number of primary amides is 1. The molecule has 3 rings (SSSR count). The molecule has 0 saturated carbocycles. The highest BCUT2D eigenvalue weighted by Crippen LogP contribution is 2.35. The van der Waals surface area contributed by atoms with Crippen LogP contribution in [0.5, 0.6) is 0 Å². The minimum absolute atomic E-state index is 0. The number of likely N-dealkylation sites (tertiary alicyclic amines) is 2. The summed E-state index contributed by atoms with van der Waals surface area (Å²) in [6.07, 6.45) is 4.95. The summed E-state index contributed by atoms with van der Waals surface area (Å²) in [7, 11) is 4.03. The third-order valence-electron chi connectivity index (χ3n) is 6.24. The molecule has 0 aliphatic carbocycles. The molecule has 2 aliphatic heterocycles. The quantitative estimate of drug-likeness (QED) is 0.336. The molecule has 2 heterocycles. The number of halogens is 2. The van der Waals surface area contributed by atoms with E-state index in [1.807, 2.05) is 19.2 Å². The highest BCUT2D eigenvalue weighted by molar-refractivity contribution is 14.0. The van der Waals surface area contributed by atoms with E-state index in [0.29, 0.717) is 24.3 Å². The average Bonchev–Trinajstić information content (AvgIpc) is 2.68. The smallest absolute Gasteiger partial charge is 0.217 e. The molecule has 2 aliphatic rings. The first-order valence-electron chi connectivity index (χ1n) is 10.7. The maximum Gasteiger partial charge on any atom is 0.217 e. The molecular formula is C22H35ClIN5O. The molecule has 6 nitrogen and oxygen atoms in total. The van der Waals surface area contributed by atoms with Crippen molar-refractivity contribution in [3.63, 3.8) is 0 Å². The molecule has 1 amide bonds. The number of nitrogens with one attached hydrogen (secondary N) is 1. The third-order valence-corrected chi connectivity index (χ3v) is 6.47. The number of carbonyl (C=O) groups excluding carboxylic acids is 1. The van der Waals surface area contributed by atoms with Gasteiger partial charge in [0.25, 0.3) is 0 Å². The summed E-state index contributed by atoms with van der Waals surface area (Å²) in [4.78, 5) is 20.6. The Morgan fingerprint density at radius 1 is 1.30 bits per heavy atom. The number of rotatable bonds is 5. The zero-order chi connectivity index (χ0) is 20.8. The molecular weight excluding hydrogens is 513 g/mol. The van der Waals surface area contributed by atoms with E-state index >= 15 is 0 Å². The molecule has 8 heteroatoms. The van der Waals surface area contributed by atoms with Crippen molar-refractivity contribution in [2.75, 3.05) is 40.3 Å². The lowest BCUT2D eigenvalue weighted by Crippen LogP contribution is -2.49. The minimum atomic E-state index is -0.214. The van der Waals surface area contributed by atoms with E-state index in [1.165, 1.54) is 18.4 Å². The minimum Gasteiger partial charge on any atom is -0.370 e. The van der Waals surface area contributed by atoms with Crippen LogP contribution in [0.1, 0.15) is 43.7 Å². The van der Waals surface area contributed by atoms with E-state index < -0.39 is 0 Å². The Morgan fingerprint density at radius 2 is 2.07 bits per heavy atom. The lowest BCUT2D eigenvalue weighted by molar-refractivity contribution is -0.119. The first-order valence-corrected chi connectivity index (χ1v) is 11.0. The van der Waals surface area contributed by atoms with Crippen molar-refractivity contribution in [1.29, 1.82) is 0 Å². The van der Waals surface area contributed by atoms with Gasteiger partial charge in [0.05, 0.1) is 0 Å². The normalized spacial score (nSPS) is 25.5. The summed E-state index contributed by atoms with van der Waals surface area (Å²) < 4.78 is 0. The second-order valence-electron chi connectivity index (χ2n) is 8.44. The van der Waals surface area contributed by atoms with Gasteiger partial charge in [-0.3, -0.25) is 14.7 Å². The number of amides is 1. The fourth-order valence-electron chi connectivity index (χ4n) is 4.95. The lowest BCUT2D eigenvalue weighted by atomic mass is 9.85. The summed E-state index contributed by atoms with van der Waals surface area (Å²) in [6, 6.07) is 8.59. The van der Waals surface area contributed by atoms with Crippen molar-refractivity contribution in [2.24, 2.45) is 22.6 Å². The van der Waals surface area contributed by atoms with Gasteiger partial charge in [0.15, 0.2) is 5.96 Å². The van der Waals surface area contributed by atoms with Gasteiger partial charge in [-0.25, -0.2) is 0 Å². The van der Waals surface area contributed by atoms with Crippen molar-refractivity contribution >= 4 is 47.4 Å². The second-order valence-corrected chi connectivity index (χ2v) is 8.87. The molecule has 0 spiro atoms. The Balaban J connectivity index is 0.00000320. The fourth-order valence-corrected chi connectivity index (χ4v) is 5.15. The summed E-state index contributed by atoms with van der Waals surface area (Å²) in [5.74, 6) is 1.52. The van der Waals surface area contributed by atoms with E-state index in [1.54, 1.807) is 0 Å². The van der Waals surface area contributed by atoms with Gasteiger partial charge in [0, 0.05) is 44.2 Å². The van der Waals surface area contributed by atoms with Crippen LogP contribution in [0.3, 0.4) is 0 Å². The predicted octanol–water partition coefficient (Wildman–Crippen LogP) is 3.50. The van der Waals surface area contributed by atoms with Gasteiger partial charge in [-0.15, -0.1) is 24.0 Å². The number of nitrogens with two attached hydrogens (primary N) is 1. The Morgan fingerprint density at radius 3 is 2.77 bits per heavy atom. The Kier molecular flexibility index (Phi) is 10.2. The van der Waals surface area contributed by atoms with Crippen LogP contribution in [0.15, 0.2) is 29.3 Å². The standard InChI is InChI=1S/C22H34ClN5O.HI/c1-25-22(28-11-4-6-16(15-28)12-20(24)29)26-14-18-8-5-10-27(2)21(18)17-7-3-9-19(23)13-17;/h3,7,9,13,16,18,21H,4-6,8,10-12,14-15H2,1-2H3,(H2,24,29)(H,25,26);1H. The summed E-state index contributed by atoms with van der Waals surface area (Å²) in [5, 5.41) is 4.41. The van der Waals surface area contributed by atoms with Gasteiger partial charge in [-0.2, -0.15) is 0 Å². The van der Waals surface area contributed by atoms with Crippen LogP contribution < -0.4 is 11.1 Å². The van der Waals surface area contributed by atoms with Gasteiger partial charge < -0.3 is 16.0 Å². The Bertz CT molecular complexity index is 731. The average molecular weight is 548 g/mol. The largest absolute Gasteiger partial charge is 0.370 e. The zero-order valence-electron chi connectivity index (χ0n) is 18.0. The maximum absolute atomic E-state index is 11.3. The van der Waals surface area contributed by atoms with Crippen LogP contribution in [0.2, 0.25) is 5.02 Å². The number of nitrogens with zero attached hydrogens (tertiary/aromatic N) is 3. The first-order chi connectivity index (χ1) is 14.0. The molecule has 3 N–H and O–H groups in total. The van der Waals surface area contributed by atoms with Crippen LogP contribution in [-0.4, -0.2) is 61.9 Å². The van der Waals surface area contributed by atoms with E-state index in [-0.39, 0.29) is 29.9 Å². The van der Waals surface area contributed by atoms with Crippen LogP contribution in [0, 0.1) is 11.8 Å². The number of hydrogen-bond acceptors (Lipinski definition) is 3. The molecule has 3 atom stereocenters. The van der Waals surface area contributed by atoms with E-state index in [2.05, 4.69) is 39.3 Å². The lowest BCUT2D eigenvalue weighted by Gasteiger charge is -2.41. The number of benzene rings is 1. The third kappa shape index (κ3) is 6.72. The zero-order valence-corrected chi connectivity index (χ0v) is 21.1. The topological polar surface area (TPSA) is 74.0 Å². The Hall–Kier alpha value is -1.06. The van der Waals surface area contributed by atoms with E-state index in [4.69, 9.17) is 17.3 Å². The molecule has 3 unspecified atom stereocenters. The molecule has 168 valence electrons. The molecule has 30 heavy (non-hydrogen) atoms. The van der Waals surface area contributed by atoms with E-state index in [0.717, 1.165) is 50.0 Å². The van der Waals surface area contributed by atoms with Gasteiger partial charge in [-0.05, 0) is 68.8 Å². The van der Waals surface area contributed by atoms with Crippen LogP contribution >= 0.6 is 35.6 Å². The highest BCUT2D eigenvalue weighted by atomic mass is 127. The summed E-state index contributed by atoms with van der Waals surface area (Å²) >= 11 is 6.27. The first kappa shape index (κ1) is 25.2. The molecule has 1 aromatic carbocycles. The monoisotopic (exact) mass is 547 g/mol. The van der Waals surface area contributed by atoms with Crippen molar-refractivity contribution in [3.8, 4) is 0 Å². The predicted molar refractivity (Wildman–Crippen MR) is 134 cm³/mol. The van der Waals surface area contributed by atoms with E-state index in [9.17, 15) is 4.79 Å². The SMILES string of the molecule is CN=C(NCC1CCCN(C)C1c1cccc(Cl)c1)N1CCCC(CC(N)=O)C1.I. The molecule has 0 aromatic heterocycles.